The molecule has 3 aromatic carbocycles. The van der Waals surface area contributed by atoms with Gasteiger partial charge in [-0.15, -0.1) is 0 Å². The second kappa shape index (κ2) is 5.81. The zero-order valence-electron chi connectivity index (χ0n) is 11.9. The molecule has 0 saturated heterocycles. The van der Waals surface area contributed by atoms with Crippen molar-refractivity contribution in [3.63, 3.8) is 0 Å². The SMILES string of the molecule is O=C(O)c1cc(N=Cc2c([O-])ccc3ccccc23)ccc1O. The number of carboxylic acids is 1. The molecule has 2 N–H and O–H groups in total. The standard InChI is InChI=1S/C18H13NO4/c20-16-8-6-12(9-14(16)18(22)23)19-10-15-13-4-2-1-3-11(13)5-7-17(15)21/h1-10,20-21H,(H,22,23)/p-1. The van der Waals surface area contributed by atoms with Crippen LogP contribution in [0.2, 0.25) is 0 Å². The van der Waals surface area contributed by atoms with Crippen LogP contribution in [0.4, 0.5) is 5.69 Å². The number of benzene rings is 3. The Kier molecular flexibility index (Phi) is 3.68. The number of phenols is 1. The van der Waals surface area contributed by atoms with Gasteiger partial charge in [-0.3, -0.25) is 4.99 Å². The lowest BCUT2D eigenvalue weighted by molar-refractivity contribution is -0.268. The highest BCUT2D eigenvalue weighted by molar-refractivity contribution is 6.03. The van der Waals surface area contributed by atoms with Crippen molar-refractivity contribution >= 4 is 28.6 Å². The maximum absolute atomic E-state index is 12.1. The molecule has 0 heterocycles. The molecule has 0 aromatic heterocycles. The molecule has 0 bridgehead atoms. The number of hydrogen-bond donors (Lipinski definition) is 2. The molecule has 0 spiro atoms. The van der Waals surface area contributed by atoms with Crippen molar-refractivity contribution in [1.82, 2.24) is 0 Å². The quantitative estimate of drug-likeness (QED) is 0.727. The molecule has 0 aliphatic carbocycles. The van der Waals surface area contributed by atoms with E-state index < -0.39 is 5.97 Å². The summed E-state index contributed by atoms with van der Waals surface area (Å²) in [5.41, 5.74) is 0.542. The van der Waals surface area contributed by atoms with Gasteiger partial charge in [0.15, 0.2) is 0 Å². The van der Waals surface area contributed by atoms with Gasteiger partial charge in [-0.2, -0.15) is 0 Å². The monoisotopic (exact) mass is 306 g/mol. The molecule has 0 saturated carbocycles. The highest BCUT2D eigenvalue weighted by atomic mass is 16.4. The van der Waals surface area contributed by atoms with Gasteiger partial charge in [0.05, 0.1) is 5.69 Å². The van der Waals surface area contributed by atoms with Crippen LogP contribution < -0.4 is 5.11 Å². The van der Waals surface area contributed by atoms with Gasteiger partial charge in [0.1, 0.15) is 11.3 Å². The van der Waals surface area contributed by atoms with Crippen LogP contribution in [-0.4, -0.2) is 22.4 Å². The van der Waals surface area contributed by atoms with E-state index in [1.54, 1.807) is 6.07 Å². The zero-order valence-corrected chi connectivity index (χ0v) is 11.9. The van der Waals surface area contributed by atoms with Gasteiger partial charge in [-0.05, 0) is 34.5 Å². The number of aromatic carboxylic acids is 1. The number of fused-ring (bicyclic) bond motifs is 1. The molecule has 0 amide bonds. The predicted molar refractivity (Wildman–Crippen MR) is 85.7 cm³/mol. The average molecular weight is 306 g/mol. The highest BCUT2D eigenvalue weighted by Crippen LogP contribution is 2.26. The van der Waals surface area contributed by atoms with Crippen LogP contribution in [0.1, 0.15) is 15.9 Å². The first-order chi connectivity index (χ1) is 11.1. The summed E-state index contributed by atoms with van der Waals surface area (Å²) in [6.45, 7) is 0. The normalized spacial score (nSPS) is 11.1. The van der Waals surface area contributed by atoms with Crippen molar-refractivity contribution in [1.29, 1.82) is 0 Å². The van der Waals surface area contributed by atoms with Gasteiger partial charge in [0.2, 0.25) is 0 Å². The third kappa shape index (κ3) is 2.85. The van der Waals surface area contributed by atoms with Crippen LogP contribution in [-0.2, 0) is 0 Å². The minimum absolute atomic E-state index is 0.162. The molecule has 0 unspecified atom stereocenters. The van der Waals surface area contributed by atoms with E-state index >= 15 is 0 Å². The lowest BCUT2D eigenvalue weighted by atomic mass is 10.0. The van der Waals surface area contributed by atoms with Gasteiger partial charge in [-0.25, -0.2) is 4.79 Å². The Labute approximate surface area is 131 Å². The van der Waals surface area contributed by atoms with E-state index in [9.17, 15) is 15.0 Å². The number of carbonyl (C=O) groups is 1. The first-order valence-corrected chi connectivity index (χ1v) is 6.85. The lowest BCUT2D eigenvalue weighted by Gasteiger charge is -2.12. The fourth-order valence-electron chi connectivity index (χ4n) is 2.32. The van der Waals surface area contributed by atoms with Crippen molar-refractivity contribution in [2.75, 3.05) is 0 Å². The third-order valence-corrected chi connectivity index (χ3v) is 3.48. The molecule has 0 fully saturated rings. The van der Waals surface area contributed by atoms with Crippen molar-refractivity contribution < 1.29 is 20.1 Å². The topological polar surface area (TPSA) is 93.0 Å². The smallest absolute Gasteiger partial charge is 0.339 e. The predicted octanol–water partition coefficient (Wildman–Crippen LogP) is 3.07. The van der Waals surface area contributed by atoms with Crippen LogP contribution in [0.15, 0.2) is 59.6 Å². The van der Waals surface area contributed by atoms with E-state index in [4.69, 9.17) is 5.11 Å². The first-order valence-electron chi connectivity index (χ1n) is 6.85. The summed E-state index contributed by atoms with van der Waals surface area (Å²) >= 11 is 0. The van der Waals surface area contributed by atoms with Crippen LogP contribution in [0.25, 0.3) is 10.8 Å². The number of hydrogen-bond acceptors (Lipinski definition) is 4. The minimum Gasteiger partial charge on any atom is -0.872 e. The minimum atomic E-state index is -1.24. The van der Waals surface area contributed by atoms with Gasteiger partial charge in [-0.1, -0.05) is 42.1 Å². The number of aromatic hydroxyl groups is 1. The second-order valence-electron chi connectivity index (χ2n) is 4.96. The largest absolute Gasteiger partial charge is 0.872 e. The van der Waals surface area contributed by atoms with Crippen LogP contribution >= 0.6 is 0 Å². The molecule has 0 radical (unpaired) electrons. The summed E-state index contributed by atoms with van der Waals surface area (Å²) < 4.78 is 0. The molecular formula is C18H12NO4-. The maximum Gasteiger partial charge on any atom is 0.339 e. The molecule has 0 atom stereocenters. The molecule has 5 nitrogen and oxygen atoms in total. The molecule has 114 valence electrons. The summed E-state index contributed by atoms with van der Waals surface area (Å²) in [5.74, 6) is -1.73. The zero-order chi connectivity index (χ0) is 16.4. The van der Waals surface area contributed by atoms with E-state index in [1.165, 1.54) is 30.5 Å². The Bertz CT molecular complexity index is 931. The van der Waals surface area contributed by atoms with Gasteiger partial charge in [0, 0.05) is 6.21 Å². The van der Waals surface area contributed by atoms with E-state index in [0.717, 1.165) is 10.8 Å². The molecule has 5 heteroatoms. The first kappa shape index (κ1) is 14.6. The molecule has 0 aliphatic rings. The Morgan fingerprint density at radius 1 is 1.09 bits per heavy atom. The fraction of sp³-hybridized carbons (Fsp3) is 0. The lowest BCUT2D eigenvalue weighted by Crippen LogP contribution is -1.97. The van der Waals surface area contributed by atoms with Crippen molar-refractivity contribution in [3.05, 3.63) is 65.7 Å². The Balaban J connectivity index is 2.06. The Morgan fingerprint density at radius 2 is 1.87 bits per heavy atom. The van der Waals surface area contributed by atoms with Crippen molar-refractivity contribution in [3.8, 4) is 11.5 Å². The number of carboxylic acid groups (broad SMARTS) is 1. The van der Waals surface area contributed by atoms with Crippen molar-refractivity contribution in [2.45, 2.75) is 0 Å². The van der Waals surface area contributed by atoms with E-state index in [0.29, 0.717) is 11.3 Å². The summed E-state index contributed by atoms with van der Waals surface area (Å²) in [5, 5.41) is 32.3. The fourth-order valence-corrected chi connectivity index (χ4v) is 2.32. The van der Waals surface area contributed by atoms with Crippen LogP contribution in [0, 0.1) is 0 Å². The summed E-state index contributed by atoms with van der Waals surface area (Å²) in [7, 11) is 0. The molecule has 0 aliphatic heterocycles. The van der Waals surface area contributed by atoms with Gasteiger partial charge in [0.25, 0.3) is 0 Å². The summed E-state index contributed by atoms with van der Waals surface area (Å²) in [4.78, 5) is 15.2. The van der Waals surface area contributed by atoms with Gasteiger partial charge < -0.3 is 15.3 Å². The molecule has 3 rings (SSSR count). The summed E-state index contributed by atoms with van der Waals surface area (Å²) in [6, 6.07) is 14.7. The van der Waals surface area contributed by atoms with Crippen molar-refractivity contribution in [2.24, 2.45) is 4.99 Å². The van der Waals surface area contributed by atoms with E-state index in [1.807, 2.05) is 24.3 Å². The second-order valence-corrected chi connectivity index (χ2v) is 4.96. The Morgan fingerprint density at radius 3 is 2.65 bits per heavy atom. The number of aliphatic imine (C=N–C) groups is 1. The number of rotatable bonds is 3. The van der Waals surface area contributed by atoms with Gasteiger partial charge >= 0.3 is 5.97 Å². The maximum atomic E-state index is 12.1. The van der Waals surface area contributed by atoms with E-state index in [2.05, 4.69) is 4.99 Å². The van der Waals surface area contributed by atoms with Crippen LogP contribution in [0.5, 0.6) is 11.5 Å². The number of nitrogens with zero attached hydrogens (tertiary/aromatic N) is 1. The molecule has 23 heavy (non-hydrogen) atoms. The average Bonchev–Trinajstić information content (AvgIpc) is 2.55. The molecule has 3 aromatic rings. The highest BCUT2D eigenvalue weighted by Gasteiger charge is 2.09. The van der Waals surface area contributed by atoms with Crippen LogP contribution in [0.3, 0.4) is 0 Å². The van der Waals surface area contributed by atoms with E-state index in [-0.39, 0.29) is 17.1 Å². The molecular weight excluding hydrogens is 294 g/mol. The third-order valence-electron chi connectivity index (χ3n) is 3.48. The Hall–Kier alpha value is -3.34. The summed E-state index contributed by atoms with van der Waals surface area (Å²) in [6.07, 6.45) is 1.42.